The number of benzene rings is 1. The maximum absolute atomic E-state index is 13.3. The molecule has 4 heterocycles. The highest BCUT2D eigenvalue weighted by molar-refractivity contribution is 5.95. The van der Waals surface area contributed by atoms with Gasteiger partial charge in [-0.15, -0.1) is 0 Å². The molecule has 0 N–H and O–H groups in total. The molecule has 5 rings (SSSR count). The lowest BCUT2D eigenvalue weighted by Crippen LogP contribution is -2.43. The van der Waals surface area contributed by atoms with Crippen LogP contribution in [0.3, 0.4) is 0 Å². The molecule has 0 spiro atoms. The van der Waals surface area contributed by atoms with Crippen molar-refractivity contribution in [2.45, 2.75) is 19.5 Å². The quantitative estimate of drug-likeness (QED) is 0.507. The summed E-state index contributed by atoms with van der Waals surface area (Å²) in [5.41, 5.74) is 2.23. The van der Waals surface area contributed by atoms with E-state index >= 15 is 0 Å². The number of carbonyl (C=O) groups is 1. The third-order valence-electron chi connectivity index (χ3n) is 5.56. The molecule has 1 aliphatic rings. The van der Waals surface area contributed by atoms with Gasteiger partial charge >= 0.3 is 5.69 Å². The predicted octanol–water partition coefficient (Wildman–Crippen LogP) is 1.59. The summed E-state index contributed by atoms with van der Waals surface area (Å²) in [6, 6.07) is 14.5. The highest BCUT2D eigenvalue weighted by atomic mass is 16.2. The minimum atomic E-state index is -0.539. The average Bonchev–Trinajstić information content (AvgIpc) is 3.24. The van der Waals surface area contributed by atoms with Crippen LogP contribution in [0.15, 0.2) is 76.7 Å². The van der Waals surface area contributed by atoms with E-state index in [1.807, 2.05) is 24.3 Å². The van der Waals surface area contributed by atoms with Gasteiger partial charge in [0.15, 0.2) is 5.52 Å². The standard InChI is InChI=1S/C23H19N5O3/c29-20(26-13-9-17-4-1-2-5-18(17)26)15-27-19-6-3-10-25-21(19)22(30)28(23(27)31)14-16-7-11-24-12-8-16/h1-8,10-12H,9,13-15H2. The number of anilines is 1. The zero-order valence-electron chi connectivity index (χ0n) is 16.6. The van der Waals surface area contributed by atoms with Crippen LogP contribution in [-0.2, 0) is 24.3 Å². The molecule has 0 aliphatic carbocycles. The van der Waals surface area contributed by atoms with Gasteiger partial charge in [0.25, 0.3) is 5.56 Å². The van der Waals surface area contributed by atoms with E-state index < -0.39 is 11.2 Å². The third kappa shape index (κ3) is 3.31. The number of fused-ring (bicyclic) bond motifs is 2. The Kier molecular flexibility index (Phi) is 4.66. The van der Waals surface area contributed by atoms with Crippen LogP contribution in [-0.4, -0.2) is 31.6 Å². The number of nitrogens with zero attached hydrogens (tertiary/aromatic N) is 5. The normalized spacial score (nSPS) is 12.8. The number of rotatable bonds is 4. The highest BCUT2D eigenvalue weighted by Crippen LogP contribution is 2.27. The molecule has 4 aromatic rings. The molecule has 8 heteroatoms. The summed E-state index contributed by atoms with van der Waals surface area (Å²) >= 11 is 0. The van der Waals surface area contributed by atoms with E-state index in [4.69, 9.17) is 0 Å². The fourth-order valence-corrected chi connectivity index (χ4v) is 4.02. The molecule has 0 atom stereocenters. The number of pyridine rings is 2. The molecule has 0 saturated carbocycles. The van der Waals surface area contributed by atoms with E-state index in [2.05, 4.69) is 9.97 Å². The smallest absolute Gasteiger partial charge is 0.310 e. The molecule has 1 aromatic carbocycles. The number of hydrogen-bond donors (Lipinski definition) is 0. The maximum Gasteiger partial charge on any atom is 0.332 e. The number of amides is 1. The molecule has 0 saturated heterocycles. The second kappa shape index (κ2) is 7.64. The Morgan fingerprint density at radius 2 is 1.74 bits per heavy atom. The van der Waals surface area contributed by atoms with Gasteiger partial charge < -0.3 is 4.90 Å². The maximum atomic E-state index is 13.3. The summed E-state index contributed by atoms with van der Waals surface area (Å²) in [6.07, 6.45) is 5.49. The number of aromatic nitrogens is 4. The number of hydrogen-bond acceptors (Lipinski definition) is 5. The molecule has 8 nitrogen and oxygen atoms in total. The third-order valence-corrected chi connectivity index (χ3v) is 5.56. The van der Waals surface area contributed by atoms with Gasteiger partial charge in [0.2, 0.25) is 5.91 Å². The molecule has 3 aromatic heterocycles. The van der Waals surface area contributed by atoms with Gasteiger partial charge in [-0.1, -0.05) is 18.2 Å². The Balaban J connectivity index is 1.59. The van der Waals surface area contributed by atoms with Crippen LogP contribution in [0.1, 0.15) is 11.1 Å². The van der Waals surface area contributed by atoms with Gasteiger partial charge in [-0.05, 0) is 47.9 Å². The topological polar surface area (TPSA) is 90.1 Å². The summed E-state index contributed by atoms with van der Waals surface area (Å²) < 4.78 is 2.46. The van der Waals surface area contributed by atoms with Gasteiger partial charge in [0, 0.05) is 30.8 Å². The predicted molar refractivity (Wildman–Crippen MR) is 116 cm³/mol. The molecule has 0 radical (unpaired) electrons. The van der Waals surface area contributed by atoms with Crippen molar-refractivity contribution < 1.29 is 4.79 Å². The van der Waals surface area contributed by atoms with Crippen molar-refractivity contribution in [1.82, 2.24) is 19.1 Å². The van der Waals surface area contributed by atoms with Gasteiger partial charge in [-0.2, -0.15) is 0 Å². The van der Waals surface area contributed by atoms with Crippen LogP contribution in [0.25, 0.3) is 11.0 Å². The molecule has 0 unspecified atom stereocenters. The first kappa shape index (κ1) is 18.9. The van der Waals surface area contributed by atoms with E-state index in [0.29, 0.717) is 12.1 Å². The highest BCUT2D eigenvalue weighted by Gasteiger charge is 2.25. The molecule has 31 heavy (non-hydrogen) atoms. The van der Waals surface area contributed by atoms with Crippen LogP contribution < -0.4 is 16.1 Å². The van der Waals surface area contributed by atoms with E-state index in [0.717, 1.165) is 27.8 Å². The van der Waals surface area contributed by atoms with E-state index in [1.54, 1.807) is 41.6 Å². The Labute approximate surface area is 177 Å². The summed E-state index contributed by atoms with van der Waals surface area (Å²) in [4.78, 5) is 49.3. The Morgan fingerprint density at radius 3 is 2.58 bits per heavy atom. The van der Waals surface area contributed by atoms with Gasteiger partial charge in [-0.25, -0.2) is 9.78 Å². The first-order chi connectivity index (χ1) is 15.1. The van der Waals surface area contributed by atoms with Crippen LogP contribution >= 0.6 is 0 Å². The Bertz CT molecular complexity index is 1410. The van der Waals surface area contributed by atoms with Crippen molar-refractivity contribution in [3.63, 3.8) is 0 Å². The van der Waals surface area contributed by atoms with Crippen LogP contribution in [0, 0.1) is 0 Å². The van der Waals surface area contributed by atoms with E-state index in [-0.39, 0.29) is 24.5 Å². The molecule has 154 valence electrons. The second-order valence-corrected chi connectivity index (χ2v) is 7.41. The second-order valence-electron chi connectivity index (χ2n) is 7.41. The van der Waals surface area contributed by atoms with Crippen LogP contribution in [0.5, 0.6) is 0 Å². The fraction of sp³-hybridized carbons (Fsp3) is 0.174. The first-order valence-corrected chi connectivity index (χ1v) is 9.99. The van der Waals surface area contributed by atoms with Gasteiger partial charge in [0.1, 0.15) is 6.54 Å². The first-order valence-electron chi connectivity index (χ1n) is 9.99. The van der Waals surface area contributed by atoms with Crippen molar-refractivity contribution in [1.29, 1.82) is 0 Å². The lowest BCUT2D eigenvalue weighted by molar-refractivity contribution is -0.119. The zero-order valence-corrected chi connectivity index (χ0v) is 16.6. The van der Waals surface area contributed by atoms with Crippen LogP contribution in [0.4, 0.5) is 5.69 Å². The zero-order chi connectivity index (χ0) is 21.4. The number of para-hydroxylation sites is 1. The largest absolute Gasteiger partial charge is 0.332 e. The lowest BCUT2D eigenvalue weighted by Gasteiger charge is -2.19. The van der Waals surface area contributed by atoms with Crippen LogP contribution in [0.2, 0.25) is 0 Å². The minimum absolute atomic E-state index is 0.0768. The van der Waals surface area contributed by atoms with E-state index in [1.165, 1.54) is 10.8 Å². The number of carbonyl (C=O) groups excluding carboxylic acids is 1. The molecular formula is C23H19N5O3. The average molecular weight is 413 g/mol. The Morgan fingerprint density at radius 1 is 0.935 bits per heavy atom. The molecule has 1 aliphatic heterocycles. The SMILES string of the molecule is O=C(Cn1c(=O)n(Cc2ccncc2)c(=O)c2ncccc21)N1CCc2ccccc21. The van der Waals surface area contributed by atoms with Crippen molar-refractivity contribution in [2.75, 3.05) is 11.4 Å². The summed E-state index contributed by atoms with van der Waals surface area (Å²) in [5.74, 6) is -0.202. The van der Waals surface area contributed by atoms with Crippen molar-refractivity contribution >= 4 is 22.6 Å². The summed E-state index contributed by atoms with van der Waals surface area (Å²) in [7, 11) is 0. The molecule has 0 fully saturated rings. The lowest BCUT2D eigenvalue weighted by atomic mass is 10.2. The Hall–Kier alpha value is -4.07. The van der Waals surface area contributed by atoms with Crippen molar-refractivity contribution in [3.8, 4) is 0 Å². The van der Waals surface area contributed by atoms with Crippen molar-refractivity contribution in [2.24, 2.45) is 0 Å². The fourth-order valence-electron chi connectivity index (χ4n) is 4.02. The monoisotopic (exact) mass is 413 g/mol. The van der Waals surface area contributed by atoms with Crippen molar-refractivity contribution in [3.05, 3.63) is 99.1 Å². The summed E-state index contributed by atoms with van der Waals surface area (Å²) in [5, 5.41) is 0. The van der Waals surface area contributed by atoms with Gasteiger partial charge in [0.05, 0.1) is 12.1 Å². The van der Waals surface area contributed by atoms with E-state index in [9.17, 15) is 14.4 Å². The molecular weight excluding hydrogens is 394 g/mol. The van der Waals surface area contributed by atoms with Gasteiger partial charge in [-0.3, -0.25) is 23.7 Å². The molecule has 1 amide bonds. The summed E-state index contributed by atoms with van der Waals surface area (Å²) in [6.45, 7) is 0.471. The minimum Gasteiger partial charge on any atom is -0.310 e. The molecule has 0 bridgehead atoms.